The van der Waals surface area contributed by atoms with Crippen LogP contribution >= 0.6 is 0 Å². The number of carbonyl (C=O) groups excluding carboxylic acids is 1. The summed E-state index contributed by atoms with van der Waals surface area (Å²) in [6.45, 7) is 5.73. The highest BCUT2D eigenvalue weighted by atomic mass is 16.5. The van der Waals surface area contributed by atoms with Gasteiger partial charge in [-0.1, -0.05) is 0 Å². The molecule has 1 aliphatic heterocycles. The van der Waals surface area contributed by atoms with E-state index in [0.29, 0.717) is 12.6 Å². The highest BCUT2D eigenvalue weighted by Crippen LogP contribution is 2.17. The number of ether oxygens (including phenoxy) is 1. The Morgan fingerprint density at radius 2 is 2.06 bits per heavy atom. The van der Waals surface area contributed by atoms with Crippen LogP contribution < -0.4 is 10.6 Å². The van der Waals surface area contributed by atoms with Crippen LogP contribution in [0.5, 0.6) is 0 Å². The molecule has 1 heterocycles. The van der Waals surface area contributed by atoms with Crippen LogP contribution in [0.3, 0.4) is 0 Å². The van der Waals surface area contributed by atoms with Crippen molar-refractivity contribution in [3.05, 3.63) is 0 Å². The van der Waals surface area contributed by atoms with Crippen LogP contribution in [0.1, 0.15) is 12.8 Å². The van der Waals surface area contributed by atoms with Gasteiger partial charge in [0.15, 0.2) is 0 Å². The molecule has 0 radical (unpaired) electrons. The minimum atomic E-state index is 0.111. The van der Waals surface area contributed by atoms with Crippen LogP contribution in [0, 0.1) is 0 Å². The Kier molecular flexibility index (Phi) is 4.56. The highest BCUT2D eigenvalue weighted by molar-refractivity contribution is 5.78. The molecule has 0 aromatic heterocycles. The quantitative estimate of drug-likeness (QED) is 0.623. The van der Waals surface area contributed by atoms with Gasteiger partial charge in [0, 0.05) is 32.2 Å². The topological polar surface area (TPSA) is 53.6 Å². The molecule has 92 valence electrons. The zero-order chi connectivity index (χ0) is 11.2. The fourth-order valence-corrected chi connectivity index (χ4v) is 1.77. The van der Waals surface area contributed by atoms with Gasteiger partial charge in [-0.3, -0.25) is 9.69 Å². The molecule has 0 spiro atoms. The fraction of sp³-hybridized carbons (Fsp3) is 0.909. The highest BCUT2D eigenvalue weighted by Gasteiger charge is 2.21. The Labute approximate surface area is 96.5 Å². The molecule has 0 aromatic carbocycles. The number of amides is 1. The lowest BCUT2D eigenvalue weighted by Crippen LogP contribution is -2.43. The third-order valence-electron chi connectivity index (χ3n) is 2.98. The molecule has 2 aliphatic rings. The Bertz CT molecular complexity index is 225. The van der Waals surface area contributed by atoms with E-state index in [1.165, 1.54) is 12.8 Å². The van der Waals surface area contributed by atoms with Gasteiger partial charge in [-0.2, -0.15) is 0 Å². The van der Waals surface area contributed by atoms with Gasteiger partial charge >= 0.3 is 0 Å². The number of nitrogens with one attached hydrogen (secondary N) is 2. The molecule has 1 aliphatic carbocycles. The zero-order valence-electron chi connectivity index (χ0n) is 9.71. The van der Waals surface area contributed by atoms with E-state index in [9.17, 15) is 4.79 Å². The monoisotopic (exact) mass is 227 g/mol. The van der Waals surface area contributed by atoms with Crippen LogP contribution in [0.4, 0.5) is 0 Å². The molecule has 0 atom stereocenters. The van der Waals surface area contributed by atoms with Crippen molar-refractivity contribution in [2.45, 2.75) is 18.9 Å². The second kappa shape index (κ2) is 6.18. The fourth-order valence-electron chi connectivity index (χ4n) is 1.77. The van der Waals surface area contributed by atoms with Gasteiger partial charge in [0.2, 0.25) is 5.91 Å². The van der Waals surface area contributed by atoms with E-state index >= 15 is 0 Å². The summed E-state index contributed by atoms with van der Waals surface area (Å²) >= 11 is 0. The first-order chi connectivity index (χ1) is 7.84. The second-order valence-corrected chi connectivity index (χ2v) is 4.46. The first-order valence-electron chi connectivity index (χ1n) is 6.15. The maximum atomic E-state index is 11.4. The number of hydrogen-bond donors (Lipinski definition) is 2. The third kappa shape index (κ3) is 4.47. The van der Waals surface area contributed by atoms with Crippen LogP contribution in [0.15, 0.2) is 0 Å². The predicted molar refractivity (Wildman–Crippen MR) is 61.3 cm³/mol. The van der Waals surface area contributed by atoms with Crippen LogP contribution in [-0.4, -0.2) is 62.8 Å². The summed E-state index contributed by atoms with van der Waals surface area (Å²) < 4.78 is 5.26. The van der Waals surface area contributed by atoms with Gasteiger partial charge in [-0.05, 0) is 12.8 Å². The maximum Gasteiger partial charge on any atom is 0.234 e. The van der Waals surface area contributed by atoms with E-state index in [1.54, 1.807) is 0 Å². The van der Waals surface area contributed by atoms with Crippen LogP contribution in [-0.2, 0) is 9.53 Å². The van der Waals surface area contributed by atoms with E-state index in [1.807, 2.05) is 0 Å². The third-order valence-corrected chi connectivity index (χ3v) is 2.98. The minimum Gasteiger partial charge on any atom is -0.379 e. The smallest absolute Gasteiger partial charge is 0.234 e. The summed E-state index contributed by atoms with van der Waals surface area (Å²) in [6.07, 6.45) is 2.45. The first kappa shape index (κ1) is 11.8. The number of hydrogen-bond acceptors (Lipinski definition) is 4. The SMILES string of the molecule is O=C(CNC1CC1)NCCN1CCOCC1. The van der Waals surface area contributed by atoms with Gasteiger partial charge in [0.25, 0.3) is 0 Å². The Balaban J connectivity index is 1.47. The molecule has 2 rings (SSSR count). The van der Waals surface area contributed by atoms with Crippen molar-refractivity contribution in [3.8, 4) is 0 Å². The van der Waals surface area contributed by atoms with E-state index in [0.717, 1.165) is 39.4 Å². The molecule has 1 saturated carbocycles. The summed E-state index contributed by atoms with van der Waals surface area (Å²) in [6, 6.07) is 0.602. The Hall–Kier alpha value is -0.650. The maximum absolute atomic E-state index is 11.4. The number of nitrogens with zero attached hydrogens (tertiary/aromatic N) is 1. The summed E-state index contributed by atoms with van der Waals surface area (Å²) in [5, 5.41) is 6.13. The Morgan fingerprint density at radius 1 is 1.31 bits per heavy atom. The Morgan fingerprint density at radius 3 is 2.75 bits per heavy atom. The van der Waals surface area contributed by atoms with Crippen molar-refractivity contribution in [2.24, 2.45) is 0 Å². The van der Waals surface area contributed by atoms with E-state index in [-0.39, 0.29) is 5.91 Å². The molecule has 0 aromatic rings. The van der Waals surface area contributed by atoms with Gasteiger partial charge in [-0.25, -0.2) is 0 Å². The standard InChI is InChI=1S/C11H21N3O2/c15-11(9-13-10-1-2-10)12-3-4-14-5-7-16-8-6-14/h10,13H,1-9H2,(H,12,15). The molecule has 2 N–H and O–H groups in total. The molecule has 16 heavy (non-hydrogen) atoms. The normalized spacial score (nSPS) is 22.0. The van der Waals surface area contributed by atoms with E-state index in [2.05, 4.69) is 15.5 Å². The van der Waals surface area contributed by atoms with Crippen molar-refractivity contribution in [1.82, 2.24) is 15.5 Å². The summed E-state index contributed by atoms with van der Waals surface area (Å²) in [4.78, 5) is 13.7. The second-order valence-electron chi connectivity index (χ2n) is 4.46. The predicted octanol–water partition coefficient (Wildman–Crippen LogP) is -0.813. The zero-order valence-corrected chi connectivity index (χ0v) is 9.71. The van der Waals surface area contributed by atoms with Crippen LogP contribution in [0.25, 0.3) is 0 Å². The number of rotatable bonds is 6. The van der Waals surface area contributed by atoms with E-state index < -0.39 is 0 Å². The minimum absolute atomic E-state index is 0.111. The first-order valence-corrected chi connectivity index (χ1v) is 6.15. The molecular formula is C11H21N3O2. The van der Waals surface area contributed by atoms with Crippen molar-refractivity contribution < 1.29 is 9.53 Å². The van der Waals surface area contributed by atoms with E-state index in [4.69, 9.17) is 4.74 Å². The molecular weight excluding hydrogens is 206 g/mol. The van der Waals surface area contributed by atoms with Gasteiger partial charge in [0.05, 0.1) is 19.8 Å². The lowest BCUT2D eigenvalue weighted by molar-refractivity contribution is -0.120. The van der Waals surface area contributed by atoms with Gasteiger partial charge in [0.1, 0.15) is 0 Å². The molecule has 0 unspecified atom stereocenters. The molecule has 5 heteroatoms. The van der Waals surface area contributed by atoms with Crippen molar-refractivity contribution in [1.29, 1.82) is 0 Å². The number of carbonyl (C=O) groups is 1. The van der Waals surface area contributed by atoms with Crippen molar-refractivity contribution in [3.63, 3.8) is 0 Å². The summed E-state index contributed by atoms with van der Waals surface area (Å²) in [7, 11) is 0. The lowest BCUT2D eigenvalue weighted by Gasteiger charge is -2.26. The van der Waals surface area contributed by atoms with Gasteiger partial charge in [-0.15, -0.1) is 0 Å². The molecule has 0 bridgehead atoms. The van der Waals surface area contributed by atoms with Crippen molar-refractivity contribution in [2.75, 3.05) is 45.9 Å². The molecule has 5 nitrogen and oxygen atoms in total. The summed E-state index contributed by atoms with van der Waals surface area (Å²) in [5.41, 5.74) is 0. The van der Waals surface area contributed by atoms with Crippen LogP contribution in [0.2, 0.25) is 0 Å². The average Bonchev–Trinajstić information content (AvgIpc) is 3.12. The largest absolute Gasteiger partial charge is 0.379 e. The molecule has 1 amide bonds. The van der Waals surface area contributed by atoms with Gasteiger partial charge < -0.3 is 15.4 Å². The molecule has 2 fully saturated rings. The lowest BCUT2D eigenvalue weighted by atomic mass is 10.4. The van der Waals surface area contributed by atoms with Crippen molar-refractivity contribution >= 4 is 5.91 Å². The summed E-state index contributed by atoms with van der Waals surface area (Å²) in [5.74, 6) is 0.111. The average molecular weight is 227 g/mol. The number of morpholine rings is 1. The molecule has 1 saturated heterocycles.